The molecule has 0 bridgehead atoms. The summed E-state index contributed by atoms with van der Waals surface area (Å²) in [4.78, 5) is 27.2. The summed E-state index contributed by atoms with van der Waals surface area (Å²) in [6.07, 6.45) is 0. The number of H-pyrrole nitrogens is 1. The average molecular weight is 270 g/mol. The molecule has 0 radical (unpaired) electrons. The summed E-state index contributed by atoms with van der Waals surface area (Å²) in [5, 5.41) is 25.3. The minimum absolute atomic E-state index is 0.252. The van der Waals surface area contributed by atoms with Crippen LogP contribution in [0.3, 0.4) is 0 Å². The number of nitrogens with zero attached hydrogens (tertiary/aromatic N) is 3. The van der Waals surface area contributed by atoms with Crippen LogP contribution in [0.5, 0.6) is 0 Å². The fraction of sp³-hybridized carbons (Fsp3) is 0.444. The topological polar surface area (TPSA) is 160 Å². The van der Waals surface area contributed by atoms with E-state index in [2.05, 4.69) is 15.5 Å². The first-order valence-corrected chi connectivity index (χ1v) is 5.20. The Morgan fingerprint density at radius 3 is 2.68 bits per heavy atom. The monoisotopic (exact) mass is 270 g/mol. The van der Waals surface area contributed by atoms with Gasteiger partial charge in [-0.1, -0.05) is 5.16 Å². The van der Waals surface area contributed by atoms with Crippen LogP contribution in [0.2, 0.25) is 0 Å². The second kappa shape index (κ2) is 4.92. The molecule has 0 aliphatic carbocycles. The van der Waals surface area contributed by atoms with Gasteiger partial charge in [-0.2, -0.15) is 4.98 Å². The molecule has 104 valence electrons. The Labute approximate surface area is 107 Å². The molecule has 0 saturated heterocycles. The third kappa shape index (κ3) is 2.97. The molecule has 19 heavy (non-hydrogen) atoms. The zero-order valence-corrected chi connectivity index (χ0v) is 10.6. The highest BCUT2D eigenvalue weighted by atomic mass is 16.6. The summed E-state index contributed by atoms with van der Waals surface area (Å²) in [6.45, 7) is 4.71. The Kier molecular flexibility index (Phi) is 3.73. The predicted octanol–water partition coefficient (Wildman–Crippen LogP) is 0.301. The maximum atomic E-state index is 11.5. The lowest BCUT2D eigenvalue weighted by Crippen LogP contribution is -2.40. The van der Waals surface area contributed by atoms with Gasteiger partial charge in [0.05, 0.1) is 16.2 Å². The van der Waals surface area contributed by atoms with Crippen molar-refractivity contribution in [3.8, 4) is 0 Å². The molecule has 0 aliphatic rings. The highest BCUT2D eigenvalue weighted by molar-refractivity contribution is 5.93. The van der Waals surface area contributed by atoms with E-state index in [1.165, 1.54) is 6.92 Å². The predicted molar refractivity (Wildman–Crippen MR) is 68.5 cm³/mol. The quantitative estimate of drug-likeness (QED) is 0.265. The van der Waals surface area contributed by atoms with Gasteiger partial charge in [-0.25, -0.2) is 0 Å². The van der Waals surface area contributed by atoms with Gasteiger partial charge in [0, 0.05) is 0 Å². The number of nitro groups is 1. The lowest BCUT2D eigenvalue weighted by atomic mass is 10.00. The Balaban J connectivity index is 3.36. The minimum Gasteiger partial charge on any atom is -0.411 e. The van der Waals surface area contributed by atoms with E-state index in [0.29, 0.717) is 0 Å². The largest absolute Gasteiger partial charge is 0.411 e. The van der Waals surface area contributed by atoms with E-state index in [4.69, 9.17) is 10.9 Å². The molecule has 1 heterocycles. The number of hydrogen-bond donors (Lipinski definition) is 4. The molecule has 1 aromatic rings. The standard InChI is InChI=1S/C9H14N6O4/c1-4(14-17)9(2,3)13-6-5(15(18)19)7(16)12-8(10)11-6/h17H,1-3H3,(H4,10,11,12,13,16). The summed E-state index contributed by atoms with van der Waals surface area (Å²) >= 11 is 0. The van der Waals surface area contributed by atoms with E-state index in [-0.39, 0.29) is 17.5 Å². The zero-order valence-electron chi connectivity index (χ0n) is 10.6. The molecule has 5 N–H and O–H groups in total. The molecule has 0 atom stereocenters. The zero-order chi connectivity index (χ0) is 14.8. The number of rotatable bonds is 4. The van der Waals surface area contributed by atoms with E-state index < -0.39 is 21.7 Å². The summed E-state index contributed by atoms with van der Waals surface area (Å²) in [5.41, 5.74) is 2.93. The van der Waals surface area contributed by atoms with Crippen LogP contribution in [0, 0.1) is 10.1 Å². The lowest BCUT2D eigenvalue weighted by molar-refractivity contribution is -0.385. The first kappa shape index (κ1) is 14.4. The number of nitrogens with two attached hydrogens (primary N) is 1. The molecule has 1 rings (SSSR count). The third-order valence-corrected chi connectivity index (χ3v) is 2.58. The van der Waals surface area contributed by atoms with Gasteiger partial charge >= 0.3 is 11.2 Å². The maximum absolute atomic E-state index is 11.5. The molecule has 0 amide bonds. The average Bonchev–Trinajstić information content (AvgIpc) is 2.25. The Morgan fingerprint density at radius 2 is 2.21 bits per heavy atom. The highest BCUT2D eigenvalue weighted by Crippen LogP contribution is 2.22. The van der Waals surface area contributed by atoms with Crippen LogP contribution >= 0.6 is 0 Å². The van der Waals surface area contributed by atoms with Crippen molar-refractivity contribution in [1.82, 2.24) is 9.97 Å². The van der Waals surface area contributed by atoms with Gasteiger partial charge in [0.2, 0.25) is 11.8 Å². The number of aromatic amines is 1. The smallest absolute Gasteiger partial charge is 0.375 e. The Morgan fingerprint density at radius 1 is 1.63 bits per heavy atom. The van der Waals surface area contributed by atoms with E-state index in [1.54, 1.807) is 13.8 Å². The van der Waals surface area contributed by atoms with E-state index >= 15 is 0 Å². The van der Waals surface area contributed by atoms with E-state index in [0.717, 1.165) is 0 Å². The molecule has 0 fully saturated rings. The van der Waals surface area contributed by atoms with Crippen LogP contribution in [-0.2, 0) is 0 Å². The van der Waals surface area contributed by atoms with Crippen LogP contribution in [0.4, 0.5) is 17.5 Å². The molecule has 1 aromatic heterocycles. The van der Waals surface area contributed by atoms with Gasteiger partial charge in [0.15, 0.2) is 0 Å². The fourth-order valence-electron chi connectivity index (χ4n) is 1.25. The van der Waals surface area contributed by atoms with Crippen molar-refractivity contribution in [1.29, 1.82) is 0 Å². The third-order valence-electron chi connectivity index (χ3n) is 2.58. The molecule has 0 saturated carbocycles. The molecule has 0 aromatic carbocycles. The van der Waals surface area contributed by atoms with Crippen molar-refractivity contribution >= 4 is 23.2 Å². The molecular formula is C9H14N6O4. The second-order valence-electron chi connectivity index (χ2n) is 4.34. The van der Waals surface area contributed by atoms with Gasteiger partial charge in [-0.3, -0.25) is 19.9 Å². The van der Waals surface area contributed by atoms with Crippen LogP contribution in [0.1, 0.15) is 20.8 Å². The van der Waals surface area contributed by atoms with Crippen LogP contribution in [-0.4, -0.2) is 31.3 Å². The number of oxime groups is 1. The number of aromatic nitrogens is 2. The highest BCUT2D eigenvalue weighted by Gasteiger charge is 2.29. The SMILES string of the molecule is CC(=NO)C(C)(C)Nc1nc(N)[nH]c(=O)c1[N+](=O)[O-]. The number of nitrogens with one attached hydrogen (secondary N) is 2. The lowest BCUT2D eigenvalue weighted by Gasteiger charge is -2.25. The van der Waals surface area contributed by atoms with E-state index in [1.807, 2.05) is 4.98 Å². The molecular weight excluding hydrogens is 256 g/mol. The van der Waals surface area contributed by atoms with Gasteiger partial charge in [-0.15, -0.1) is 0 Å². The number of hydrogen-bond acceptors (Lipinski definition) is 8. The molecule has 0 spiro atoms. The van der Waals surface area contributed by atoms with Gasteiger partial charge in [0.1, 0.15) is 0 Å². The van der Waals surface area contributed by atoms with Crippen molar-refractivity contribution < 1.29 is 10.1 Å². The van der Waals surface area contributed by atoms with Crippen LogP contribution in [0.25, 0.3) is 0 Å². The summed E-state index contributed by atoms with van der Waals surface area (Å²) < 4.78 is 0. The Hall–Kier alpha value is -2.65. The molecule has 10 nitrogen and oxygen atoms in total. The summed E-state index contributed by atoms with van der Waals surface area (Å²) in [6, 6.07) is 0. The van der Waals surface area contributed by atoms with Crippen molar-refractivity contribution in [2.24, 2.45) is 5.16 Å². The maximum Gasteiger partial charge on any atom is 0.375 e. The Bertz CT molecular complexity index is 591. The van der Waals surface area contributed by atoms with Crippen LogP contribution in [0.15, 0.2) is 9.95 Å². The van der Waals surface area contributed by atoms with Crippen molar-refractivity contribution in [3.63, 3.8) is 0 Å². The molecule has 0 unspecified atom stereocenters. The molecule has 0 aliphatic heterocycles. The summed E-state index contributed by atoms with van der Waals surface area (Å²) in [7, 11) is 0. The van der Waals surface area contributed by atoms with Crippen LogP contribution < -0.4 is 16.6 Å². The van der Waals surface area contributed by atoms with Gasteiger partial charge < -0.3 is 16.3 Å². The first-order chi connectivity index (χ1) is 8.69. The number of nitrogen functional groups attached to an aromatic ring is 1. The minimum atomic E-state index is -0.964. The normalized spacial score (nSPS) is 12.3. The molecule has 10 heteroatoms. The van der Waals surface area contributed by atoms with Crippen molar-refractivity contribution in [3.05, 3.63) is 20.5 Å². The first-order valence-electron chi connectivity index (χ1n) is 5.20. The van der Waals surface area contributed by atoms with Gasteiger partial charge in [-0.05, 0) is 20.8 Å². The van der Waals surface area contributed by atoms with E-state index in [9.17, 15) is 14.9 Å². The fourth-order valence-corrected chi connectivity index (χ4v) is 1.25. The summed E-state index contributed by atoms with van der Waals surface area (Å²) in [5.74, 6) is -0.549. The second-order valence-corrected chi connectivity index (χ2v) is 4.34. The number of anilines is 2. The van der Waals surface area contributed by atoms with Gasteiger partial charge in [0.25, 0.3) is 0 Å². The van der Waals surface area contributed by atoms with Crippen molar-refractivity contribution in [2.75, 3.05) is 11.1 Å². The van der Waals surface area contributed by atoms with Crippen molar-refractivity contribution in [2.45, 2.75) is 26.3 Å².